The van der Waals surface area contributed by atoms with Gasteiger partial charge in [0.05, 0.1) is 5.92 Å². The zero-order valence-corrected chi connectivity index (χ0v) is 16.0. The second-order valence-electron chi connectivity index (χ2n) is 7.00. The molecule has 160 valence electrons. The number of oxime groups is 1. The van der Waals surface area contributed by atoms with E-state index in [0.29, 0.717) is 26.1 Å². The Morgan fingerprint density at radius 3 is 2.23 bits per heavy atom. The summed E-state index contributed by atoms with van der Waals surface area (Å²) in [6, 6.07) is 5.16. The standard InChI is InChI=1S/C21H20F4N2O3/c22-14-3-5-18(24)16(10-14)20(17-11-15(23)4-6-19(17)25)26-30-9-8-27-7-1-2-13(12-27)21(28)29/h3-6,10-11,13H,1-2,7-9,12H2,(H,28,29). The maximum atomic E-state index is 14.3. The van der Waals surface area contributed by atoms with Crippen LogP contribution in [0.4, 0.5) is 17.6 Å². The quantitative estimate of drug-likeness (QED) is 0.318. The summed E-state index contributed by atoms with van der Waals surface area (Å²) in [5, 5.41) is 12.9. The molecule has 1 aliphatic rings. The number of carbonyl (C=O) groups is 1. The Bertz CT molecular complexity index is 898. The number of nitrogens with zero attached hydrogens (tertiary/aromatic N) is 2. The van der Waals surface area contributed by atoms with E-state index in [1.165, 1.54) is 0 Å². The normalized spacial score (nSPS) is 16.9. The molecule has 0 spiro atoms. The van der Waals surface area contributed by atoms with Gasteiger partial charge in [-0.3, -0.25) is 9.69 Å². The second kappa shape index (κ2) is 9.71. The summed E-state index contributed by atoms with van der Waals surface area (Å²) in [4.78, 5) is 18.2. The average Bonchev–Trinajstić information content (AvgIpc) is 2.72. The number of hydrogen-bond donors (Lipinski definition) is 1. The van der Waals surface area contributed by atoms with Crippen molar-refractivity contribution in [3.8, 4) is 0 Å². The van der Waals surface area contributed by atoms with Crippen molar-refractivity contribution in [1.82, 2.24) is 4.90 Å². The lowest BCUT2D eigenvalue weighted by Crippen LogP contribution is -2.40. The molecule has 2 aromatic carbocycles. The topological polar surface area (TPSA) is 62.1 Å². The number of benzene rings is 2. The van der Waals surface area contributed by atoms with E-state index in [0.717, 1.165) is 42.8 Å². The molecule has 1 N–H and O–H groups in total. The lowest BCUT2D eigenvalue weighted by atomic mass is 9.98. The Morgan fingerprint density at radius 2 is 1.67 bits per heavy atom. The Hall–Kier alpha value is -2.94. The van der Waals surface area contributed by atoms with Gasteiger partial charge in [-0.1, -0.05) is 5.16 Å². The van der Waals surface area contributed by atoms with E-state index < -0.39 is 35.2 Å². The molecule has 30 heavy (non-hydrogen) atoms. The van der Waals surface area contributed by atoms with Gasteiger partial charge < -0.3 is 9.94 Å². The first-order valence-corrected chi connectivity index (χ1v) is 9.41. The Kier molecular flexibility index (Phi) is 7.04. The van der Waals surface area contributed by atoms with E-state index in [4.69, 9.17) is 9.94 Å². The van der Waals surface area contributed by atoms with Gasteiger partial charge in [-0.25, -0.2) is 17.6 Å². The number of likely N-dealkylation sites (tertiary alicyclic amines) is 1. The first-order valence-electron chi connectivity index (χ1n) is 9.41. The van der Waals surface area contributed by atoms with E-state index in [-0.39, 0.29) is 23.4 Å². The number of hydrogen-bond acceptors (Lipinski definition) is 4. The summed E-state index contributed by atoms with van der Waals surface area (Å²) < 4.78 is 55.8. The maximum absolute atomic E-state index is 14.3. The highest BCUT2D eigenvalue weighted by Crippen LogP contribution is 2.20. The van der Waals surface area contributed by atoms with E-state index in [1.54, 1.807) is 0 Å². The molecular weight excluding hydrogens is 404 g/mol. The van der Waals surface area contributed by atoms with Crippen LogP contribution in [0.25, 0.3) is 0 Å². The first-order chi connectivity index (χ1) is 14.3. The highest BCUT2D eigenvalue weighted by Gasteiger charge is 2.25. The zero-order chi connectivity index (χ0) is 21.7. The fraction of sp³-hybridized carbons (Fsp3) is 0.333. The van der Waals surface area contributed by atoms with Crippen LogP contribution < -0.4 is 0 Å². The number of carboxylic acids is 1. The molecule has 1 atom stereocenters. The number of aliphatic carboxylic acids is 1. The van der Waals surface area contributed by atoms with Crippen LogP contribution in [0, 0.1) is 29.2 Å². The van der Waals surface area contributed by atoms with Crippen molar-refractivity contribution >= 4 is 11.7 Å². The molecule has 1 saturated heterocycles. The number of halogens is 4. The van der Waals surface area contributed by atoms with Gasteiger partial charge >= 0.3 is 5.97 Å². The smallest absolute Gasteiger partial charge is 0.307 e. The summed E-state index contributed by atoms with van der Waals surface area (Å²) in [6.07, 6.45) is 1.33. The summed E-state index contributed by atoms with van der Waals surface area (Å²) in [5.41, 5.74) is -1.13. The van der Waals surface area contributed by atoms with Gasteiger partial charge in [0, 0.05) is 24.2 Å². The van der Waals surface area contributed by atoms with Gasteiger partial charge in [0.15, 0.2) is 0 Å². The highest BCUT2D eigenvalue weighted by molar-refractivity contribution is 6.12. The van der Waals surface area contributed by atoms with Crippen LogP contribution in [-0.4, -0.2) is 47.9 Å². The van der Waals surface area contributed by atoms with Crippen molar-refractivity contribution in [3.05, 3.63) is 70.8 Å². The largest absolute Gasteiger partial charge is 0.481 e. The fourth-order valence-corrected chi connectivity index (χ4v) is 3.34. The molecule has 9 heteroatoms. The van der Waals surface area contributed by atoms with E-state index in [2.05, 4.69) is 5.16 Å². The van der Waals surface area contributed by atoms with E-state index >= 15 is 0 Å². The molecule has 2 aromatic rings. The SMILES string of the molecule is O=C(O)C1CCCN(CCON=C(c2cc(F)ccc2F)c2cc(F)ccc2F)C1. The lowest BCUT2D eigenvalue weighted by Gasteiger charge is -2.29. The van der Waals surface area contributed by atoms with Crippen molar-refractivity contribution in [1.29, 1.82) is 0 Å². The molecule has 1 fully saturated rings. The van der Waals surface area contributed by atoms with Gasteiger partial charge in [0.2, 0.25) is 0 Å². The molecule has 0 bridgehead atoms. The molecule has 0 aromatic heterocycles. The van der Waals surface area contributed by atoms with Crippen LogP contribution >= 0.6 is 0 Å². The van der Waals surface area contributed by atoms with Crippen LogP contribution in [0.15, 0.2) is 41.6 Å². The number of piperidine rings is 1. The van der Waals surface area contributed by atoms with Gasteiger partial charge in [-0.15, -0.1) is 0 Å². The van der Waals surface area contributed by atoms with Crippen molar-refractivity contribution in [3.63, 3.8) is 0 Å². The van der Waals surface area contributed by atoms with Gasteiger partial charge in [-0.05, 0) is 55.8 Å². The lowest BCUT2D eigenvalue weighted by molar-refractivity contribution is -0.143. The molecule has 3 rings (SSSR count). The molecule has 1 aliphatic heterocycles. The molecule has 1 unspecified atom stereocenters. The van der Waals surface area contributed by atoms with Crippen LogP contribution in [0.3, 0.4) is 0 Å². The summed E-state index contributed by atoms with van der Waals surface area (Å²) in [7, 11) is 0. The summed E-state index contributed by atoms with van der Waals surface area (Å²) in [6.45, 7) is 1.41. The third kappa shape index (κ3) is 5.35. The minimum atomic E-state index is -0.872. The minimum absolute atomic E-state index is 0.00368. The monoisotopic (exact) mass is 424 g/mol. The molecule has 0 amide bonds. The zero-order valence-electron chi connectivity index (χ0n) is 16.0. The van der Waals surface area contributed by atoms with E-state index in [1.807, 2.05) is 4.90 Å². The van der Waals surface area contributed by atoms with E-state index in [9.17, 15) is 22.4 Å². The average molecular weight is 424 g/mol. The third-order valence-electron chi connectivity index (χ3n) is 4.88. The molecule has 1 heterocycles. The summed E-state index contributed by atoms with van der Waals surface area (Å²) in [5.74, 6) is -4.61. The van der Waals surface area contributed by atoms with Crippen molar-refractivity contribution < 1.29 is 32.3 Å². The third-order valence-corrected chi connectivity index (χ3v) is 4.88. The van der Waals surface area contributed by atoms with Gasteiger partial charge in [0.25, 0.3) is 0 Å². The fourth-order valence-electron chi connectivity index (χ4n) is 3.34. The van der Waals surface area contributed by atoms with Crippen LogP contribution in [0.2, 0.25) is 0 Å². The van der Waals surface area contributed by atoms with Gasteiger partial charge in [-0.2, -0.15) is 0 Å². The highest BCUT2D eigenvalue weighted by atomic mass is 19.1. The van der Waals surface area contributed by atoms with Crippen molar-refractivity contribution in [2.24, 2.45) is 11.1 Å². The van der Waals surface area contributed by atoms with Gasteiger partial charge in [0.1, 0.15) is 35.6 Å². The first kappa shape index (κ1) is 21.8. The summed E-state index contributed by atoms with van der Waals surface area (Å²) >= 11 is 0. The van der Waals surface area contributed by atoms with Crippen LogP contribution in [0.1, 0.15) is 24.0 Å². The van der Waals surface area contributed by atoms with Crippen molar-refractivity contribution in [2.45, 2.75) is 12.8 Å². The number of rotatable bonds is 7. The Morgan fingerprint density at radius 1 is 1.07 bits per heavy atom. The second-order valence-corrected chi connectivity index (χ2v) is 7.00. The van der Waals surface area contributed by atoms with Crippen molar-refractivity contribution in [2.75, 3.05) is 26.2 Å². The predicted molar refractivity (Wildman–Crippen MR) is 101 cm³/mol. The Labute approximate surface area is 170 Å². The maximum Gasteiger partial charge on any atom is 0.307 e. The molecular formula is C21H20F4N2O3. The minimum Gasteiger partial charge on any atom is -0.481 e. The van der Waals surface area contributed by atoms with Crippen LogP contribution in [-0.2, 0) is 9.63 Å². The molecule has 0 radical (unpaired) electrons. The molecule has 0 saturated carbocycles. The number of carboxylic acid groups (broad SMARTS) is 1. The molecule has 0 aliphatic carbocycles. The molecule has 5 nitrogen and oxygen atoms in total. The van der Waals surface area contributed by atoms with Crippen LogP contribution in [0.5, 0.6) is 0 Å². The Balaban J connectivity index is 1.79. The predicted octanol–water partition coefficient (Wildman–Crippen LogP) is 3.81.